The minimum atomic E-state index is 0.0691. The summed E-state index contributed by atoms with van der Waals surface area (Å²) in [6.45, 7) is 15.2. The Balaban J connectivity index is 3.95. The molecule has 4 heteroatoms. The quantitative estimate of drug-likeness (QED) is 0.402. The van der Waals surface area contributed by atoms with E-state index in [0.29, 0.717) is 5.57 Å². The summed E-state index contributed by atoms with van der Waals surface area (Å²) in [7, 11) is 0. The summed E-state index contributed by atoms with van der Waals surface area (Å²) in [4.78, 5) is 13.9. The highest BCUT2D eigenvalue weighted by atomic mass is 16.2. The largest absolute Gasteiger partial charge is 0.336 e. The van der Waals surface area contributed by atoms with Crippen molar-refractivity contribution < 1.29 is 4.79 Å². The first-order valence-electron chi connectivity index (χ1n) is 7.99. The highest BCUT2D eigenvalue weighted by Crippen LogP contribution is 1.98. The Kier molecular flexibility index (Phi) is 12.6. The topological polar surface area (TPSA) is 44.4 Å². The van der Waals surface area contributed by atoms with Crippen molar-refractivity contribution in [3.63, 3.8) is 0 Å². The van der Waals surface area contributed by atoms with Crippen molar-refractivity contribution >= 4 is 5.91 Å². The number of hydrogen-bond donors (Lipinski definition) is 2. The minimum Gasteiger partial charge on any atom is -0.336 e. The first kappa shape index (κ1) is 19.1. The molecule has 0 fully saturated rings. The van der Waals surface area contributed by atoms with Crippen molar-refractivity contribution in [2.75, 3.05) is 39.3 Å². The van der Waals surface area contributed by atoms with Gasteiger partial charge in [0.2, 0.25) is 5.91 Å². The van der Waals surface area contributed by atoms with E-state index in [1.54, 1.807) is 6.92 Å². The van der Waals surface area contributed by atoms with Crippen molar-refractivity contribution in [2.24, 2.45) is 0 Å². The Labute approximate surface area is 125 Å². The van der Waals surface area contributed by atoms with Gasteiger partial charge in [-0.05, 0) is 32.9 Å². The average molecular weight is 283 g/mol. The van der Waals surface area contributed by atoms with Crippen LogP contribution in [0.2, 0.25) is 0 Å². The zero-order chi connectivity index (χ0) is 15.2. The lowest BCUT2D eigenvalue weighted by Gasteiger charge is -2.23. The predicted molar refractivity (Wildman–Crippen MR) is 86.9 cm³/mol. The summed E-state index contributed by atoms with van der Waals surface area (Å²) in [6.07, 6.45) is 4.77. The number of nitrogens with one attached hydrogen (secondary N) is 2. The van der Waals surface area contributed by atoms with Gasteiger partial charge in [0, 0.05) is 31.8 Å². The van der Waals surface area contributed by atoms with Crippen molar-refractivity contribution in [1.82, 2.24) is 15.5 Å². The third-order valence-electron chi connectivity index (χ3n) is 3.18. The maximum atomic E-state index is 12.1. The van der Waals surface area contributed by atoms with Crippen molar-refractivity contribution in [3.8, 4) is 0 Å². The van der Waals surface area contributed by atoms with Gasteiger partial charge in [-0.3, -0.25) is 4.79 Å². The second kappa shape index (κ2) is 13.1. The van der Waals surface area contributed by atoms with E-state index in [1.807, 2.05) is 4.90 Å². The Morgan fingerprint density at radius 3 is 1.75 bits per heavy atom. The summed E-state index contributed by atoms with van der Waals surface area (Å²) in [5.41, 5.74) is 0.618. The van der Waals surface area contributed by atoms with E-state index in [9.17, 15) is 4.79 Å². The van der Waals surface area contributed by atoms with Crippen molar-refractivity contribution in [2.45, 2.75) is 46.5 Å². The molecule has 0 saturated carbocycles. The van der Waals surface area contributed by atoms with E-state index in [-0.39, 0.29) is 5.91 Å². The van der Waals surface area contributed by atoms with Gasteiger partial charge in [0.15, 0.2) is 0 Å². The first-order valence-corrected chi connectivity index (χ1v) is 7.99. The molecule has 0 aromatic rings. The lowest BCUT2D eigenvalue weighted by atomic mass is 10.3. The fourth-order valence-corrected chi connectivity index (χ4v) is 1.87. The van der Waals surface area contributed by atoms with Gasteiger partial charge in [0.25, 0.3) is 0 Å². The molecule has 0 unspecified atom stereocenters. The molecule has 4 nitrogen and oxygen atoms in total. The molecule has 118 valence electrons. The summed E-state index contributed by atoms with van der Waals surface area (Å²) in [5, 5.41) is 6.75. The zero-order valence-electron chi connectivity index (χ0n) is 13.6. The Morgan fingerprint density at radius 1 is 0.950 bits per heavy atom. The van der Waals surface area contributed by atoms with Crippen LogP contribution in [-0.2, 0) is 4.79 Å². The van der Waals surface area contributed by atoms with E-state index in [2.05, 4.69) is 31.1 Å². The number of carbonyl (C=O) groups is 1. The van der Waals surface area contributed by atoms with Gasteiger partial charge < -0.3 is 15.5 Å². The minimum absolute atomic E-state index is 0.0691. The molecule has 0 bridgehead atoms. The molecule has 0 aliphatic carbocycles. The standard InChI is InChI=1S/C16H33N3O/c1-5-7-9-17-11-13-19(16(20)15(3)4)14-12-18-10-8-6-2/h17-18H,3,5-14H2,1-2,4H3. The van der Waals surface area contributed by atoms with Crippen LogP contribution in [0.25, 0.3) is 0 Å². The first-order chi connectivity index (χ1) is 9.63. The van der Waals surface area contributed by atoms with Crippen LogP contribution in [-0.4, -0.2) is 50.1 Å². The Morgan fingerprint density at radius 2 is 1.40 bits per heavy atom. The van der Waals surface area contributed by atoms with Gasteiger partial charge in [-0.2, -0.15) is 0 Å². The van der Waals surface area contributed by atoms with Crippen LogP contribution < -0.4 is 10.6 Å². The molecule has 0 aliphatic rings. The lowest BCUT2D eigenvalue weighted by molar-refractivity contribution is -0.127. The molecule has 0 spiro atoms. The van der Waals surface area contributed by atoms with Crippen LogP contribution in [0.4, 0.5) is 0 Å². The molecule has 0 radical (unpaired) electrons. The summed E-state index contributed by atoms with van der Waals surface area (Å²) in [5.74, 6) is 0.0691. The number of amides is 1. The van der Waals surface area contributed by atoms with Gasteiger partial charge in [-0.25, -0.2) is 0 Å². The highest BCUT2D eigenvalue weighted by Gasteiger charge is 2.12. The number of nitrogens with zero attached hydrogens (tertiary/aromatic N) is 1. The maximum absolute atomic E-state index is 12.1. The Bertz CT molecular complexity index is 252. The molecule has 0 atom stereocenters. The van der Waals surface area contributed by atoms with Gasteiger partial charge in [0.05, 0.1) is 0 Å². The van der Waals surface area contributed by atoms with Crippen LogP contribution in [0.1, 0.15) is 46.5 Å². The van der Waals surface area contributed by atoms with E-state index in [0.717, 1.165) is 39.3 Å². The molecular weight excluding hydrogens is 250 g/mol. The van der Waals surface area contributed by atoms with Crippen LogP contribution in [0.5, 0.6) is 0 Å². The molecule has 1 amide bonds. The van der Waals surface area contributed by atoms with Crippen LogP contribution in [0, 0.1) is 0 Å². The van der Waals surface area contributed by atoms with Gasteiger partial charge in [-0.15, -0.1) is 0 Å². The molecule has 0 heterocycles. The van der Waals surface area contributed by atoms with Crippen molar-refractivity contribution in [1.29, 1.82) is 0 Å². The summed E-state index contributed by atoms with van der Waals surface area (Å²) >= 11 is 0. The predicted octanol–water partition coefficient (Wildman–Crippen LogP) is 2.17. The third kappa shape index (κ3) is 9.98. The number of unbranched alkanes of at least 4 members (excludes halogenated alkanes) is 2. The molecular formula is C16H33N3O. The van der Waals surface area contributed by atoms with E-state index >= 15 is 0 Å². The van der Waals surface area contributed by atoms with Crippen LogP contribution >= 0.6 is 0 Å². The number of hydrogen-bond acceptors (Lipinski definition) is 3. The SMILES string of the molecule is C=C(C)C(=O)N(CCNCCCC)CCNCCCC. The highest BCUT2D eigenvalue weighted by molar-refractivity contribution is 5.92. The Hall–Kier alpha value is -0.870. The van der Waals surface area contributed by atoms with Crippen molar-refractivity contribution in [3.05, 3.63) is 12.2 Å². The molecule has 0 aromatic heterocycles. The molecule has 0 rings (SSSR count). The molecule has 20 heavy (non-hydrogen) atoms. The van der Waals surface area contributed by atoms with Gasteiger partial charge >= 0.3 is 0 Å². The van der Waals surface area contributed by atoms with Gasteiger partial charge in [0.1, 0.15) is 0 Å². The maximum Gasteiger partial charge on any atom is 0.248 e. The van der Waals surface area contributed by atoms with E-state index in [4.69, 9.17) is 0 Å². The van der Waals surface area contributed by atoms with Crippen LogP contribution in [0.15, 0.2) is 12.2 Å². The molecule has 2 N–H and O–H groups in total. The molecule has 0 aliphatic heterocycles. The zero-order valence-corrected chi connectivity index (χ0v) is 13.6. The fourth-order valence-electron chi connectivity index (χ4n) is 1.87. The lowest BCUT2D eigenvalue weighted by Crippen LogP contribution is -2.41. The van der Waals surface area contributed by atoms with Gasteiger partial charge in [-0.1, -0.05) is 33.3 Å². The fraction of sp³-hybridized carbons (Fsp3) is 0.812. The molecule has 0 aromatic carbocycles. The third-order valence-corrected chi connectivity index (χ3v) is 3.18. The summed E-state index contributed by atoms with van der Waals surface area (Å²) < 4.78 is 0. The normalized spacial score (nSPS) is 10.6. The smallest absolute Gasteiger partial charge is 0.248 e. The number of carbonyl (C=O) groups excluding carboxylic acids is 1. The monoisotopic (exact) mass is 283 g/mol. The van der Waals surface area contributed by atoms with Crippen LogP contribution in [0.3, 0.4) is 0 Å². The average Bonchev–Trinajstić information content (AvgIpc) is 2.43. The molecule has 0 saturated heterocycles. The van der Waals surface area contributed by atoms with E-state index < -0.39 is 0 Å². The second-order valence-corrected chi connectivity index (χ2v) is 5.28. The second-order valence-electron chi connectivity index (χ2n) is 5.28. The van der Waals surface area contributed by atoms with E-state index in [1.165, 1.54) is 25.7 Å². The number of rotatable bonds is 13. The summed E-state index contributed by atoms with van der Waals surface area (Å²) in [6, 6.07) is 0.